The Labute approximate surface area is 199 Å². The molecule has 34 heavy (non-hydrogen) atoms. The molecule has 0 radical (unpaired) electrons. The monoisotopic (exact) mass is 458 g/mol. The van der Waals surface area contributed by atoms with Gasteiger partial charge in [-0.2, -0.15) is 4.98 Å². The summed E-state index contributed by atoms with van der Waals surface area (Å²) in [5, 5.41) is 4.13. The van der Waals surface area contributed by atoms with Gasteiger partial charge >= 0.3 is 0 Å². The summed E-state index contributed by atoms with van der Waals surface area (Å²) < 4.78 is 5.50. The van der Waals surface area contributed by atoms with Gasteiger partial charge in [0.2, 0.25) is 23.5 Å². The van der Waals surface area contributed by atoms with E-state index in [2.05, 4.69) is 10.1 Å². The van der Waals surface area contributed by atoms with Gasteiger partial charge in [-0.1, -0.05) is 52.7 Å². The number of nitrogens with zero attached hydrogens (tertiary/aromatic N) is 4. The Morgan fingerprint density at radius 2 is 1.65 bits per heavy atom. The summed E-state index contributed by atoms with van der Waals surface area (Å²) in [4.78, 5) is 33.9. The predicted molar refractivity (Wildman–Crippen MR) is 129 cm³/mol. The molecule has 0 spiro atoms. The fraction of sp³-hybridized carbons (Fsp3) is 0.407. The summed E-state index contributed by atoms with van der Waals surface area (Å²) in [6.45, 7) is 5.94. The number of piperidine rings is 1. The summed E-state index contributed by atoms with van der Waals surface area (Å²) in [7, 11) is 0. The van der Waals surface area contributed by atoms with Crippen molar-refractivity contribution in [3.63, 3.8) is 0 Å². The normalized spacial score (nSPS) is 19.1. The summed E-state index contributed by atoms with van der Waals surface area (Å²) in [6.07, 6.45) is 2.81. The van der Waals surface area contributed by atoms with Gasteiger partial charge < -0.3 is 14.3 Å². The van der Waals surface area contributed by atoms with Crippen molar-refractivity contribution < 1.29 is 14.1 Å². The standard InChI is InChI=1S/C27H30N4O3/c1-18-3-7-21(8-4-18)26-28-24(34-29-26)15-20-11-13-30(14-12-20)27(33)22-16-25(32)31(17-22)23-9-5-19(2)6-10-23/h3-10,20,22H,11-17H2,1-2H3. The topological polar surface area (TPSA) is 79.5 Å². The minimum atomic E-state index is -0.265. The third-order valence-electron chi connectivity index (χ3n) is 6.99. The van der Waals surface area contributed by atoms with Crippen LogP contribution < -0.4 is 4.90 Å². The highest BCUT2D eigenvalue weighted by Crippen LogP contribution is 2.29. The average molecular weight is 459 g/mol. The van der Waals surface area contributed by atoms with Crippen LogP contribution in [0.2, 0.25) is 0 Å². The lowest BCUT2D eigenvalue weighted by molar-refractivity contribution is -0.137. The molecule has 0 aliphatic carbocycles. The van der Waals surface area contributed by atoms with E-state index < -0.39 is 0 Å². The first-order chi connectivity index (χ1) is 16.5. The molecule has 1 atom stereocenters. The Morgan fingerprint density at radius 3 is 2.32 bits per heavy atom. The van der Waals surface area contributed by atoms with Gasteiger partial charge in [-0.15, -0.1) is 0 Å². The largest absolute Gasteiger partial charge is 0.342 e. The molecular formula is C27H30N4O3. The van der Waals surface area contributed by atoms with Crippen LogP contribution >= 0.6 is 0 Å². The summed E-state index contributed by atoms with van der Waals surface area (Å²) >= 11 is 0. The highest BCUT2D eigenvalue weighted by atomic mass is 16.5. The first-order valence-electron chi connectivity index (χ1n) is 12.0. The Hall–Kier alpha value is -3.48. The molecule has 2 saturated heterocycles. The number of carbonyl (C=O) groups excluding carboxylic acids is 2. The fourth-order valence-electron chi connectivity index (χ4n) is 4.87. The van der Waals surface area contributed by atoms with Crippen LogP contribution in [0.5, 0.6) is 0 Å². The SMILES string of the molecule is Cc1ccc(-c2noc(CC3CCN(C(=O)C4CC(=O)N(c5ccc(C)cc5)C4)CC3)n2)cc1. The van der Waals surface area contributed by atoms with Crippen molar-refractivity contribution in [3.8, 4) is 11.4 Å². The number of anilines is 1. The molecule has 7 nitrogen and oxygen atoms in total. The summed E-state index contributed by atoms with van der Waals surface area (Å²) in [5.74, 6) is 1.53. The molecule has 2 aliphatic rings. The predicted octanol–water partition coefficient (Wildman–Crippen LogP) is 4.19. The Morgan fingerprint density at radius 1 is 1.00 bits per heavy atom. The second-order valence-electron chi connectivity index (χ2n) is 9.59. The van der Waals surface area contributed by atoms with Gasteiger partial charge in [0.1, 0.15) is 0 Å². The number of likely N-dealkylation sites (tertiary alicyclic amines) is 1. The maximum atomic E-state index is 13.1. The smallest absolute Gasteiger partial charge is 0.228 e. The number of aryl methyl sites for hydroxylation is 2. The summed E-state index contributed by atoms with van der Waals surface area (Å²) in [5.41, 5.74) is 4.16. The van der Waals surface area contributed by atoms with Crippen molar-refractivity contribution in [2.75, 3.05) is 24.5 Å². The van der Waals surface area contributed by atoms with E-state index in [-0.39, 0.29) is 24.2 Å². The molecule has 2 aromatic carbocycles. The molecule has 1 unspecified atom stereocenters. The fourth-order valence-corrected chi connectivity index (χ4v) is 4.87. The van der Waals surface area contributed by atoms with Crippen LogP contribution in [-0.2, 0) is 16.0 Å². The molecule has 3 heterocycles. The average Bonchev–Trinajstić information content (AvgIpc) is 3.47. The molecule has 2 amide bonds. The van der Waals surface area contributed by atoms with Crippen LogP contribution in [0.3, 0.4) is 0 Å². The van der Waals surface area contributed by atoms with Gasteiger partial charge in [0, 0.05) is 43.7 Å². The number of hydrogen-bond donors (Lipinski definition) is 0. The molecule has 176 valence electrons. The lowest BCUT2D eigenvalue weighted by atomic mass is 9.92. The molecule has 3 aromatic rings. The van der Waals surface area contributed by atoms with Gasteiger partial charge in [0.15, 0.2) is 0 Å². The maximum absolute atomic E-state index is 13.1. The number of hydrogen-bond acceptors (Lipinski definition) is 5. The lowest BCUT2D eigenvalue weighted by Crippen LogP contribution is -2.42. The first-order valence-corrected chi connectivity index (χ1v) is 12.0. The minimum Gasteiger partial charge on any atom is -0.342 e. The number of benzene rings is 2. The van der Waals surface area contributed by atoms with Crippen molar-refractivity contribution in [2.45, 2.75) is 39.5 Å². The van der Waals surface area contributed by atoms with Crippen LogP contribution in [0.15, 0.2) is 53.1 Å². The van der Waals surface area contributed by atoms with Crippen LogP contribution in [0.4, 0.5) is 5.69 Å². The first kappa shape index (κ1) is 22.3. The maximum Gasteiger partial charge on any atom is 0.228 e. The van der Waals surface area contributed by atoms with Gasteiger partial charge in [-0.3, -0.25) is 9.59 Å². The van der Waals surface area contributed by atoms with E-state index >= 15 is 0 Å². The van der Waals surface area contributed by atoms with Gasteiger partial charge in [0.05, 0.1) is 5.92 Å². The molecule has 0 bridgehead atoms. The third kappa shape index (κ3) is 4.74. The number of carbonyl (C=O) groups is 2. The van der Waals surface area contributed by atoms with E-state index in [9.17, 15) is 9.59 Å². The highest BCUT2D eigenvalue weighted by molar-refractivity contribution is 6.00. The summed E-state index contributed by atoms with van der Waals surface area (Å²) in [6, 6.07) is 16.0. The number of rotatable bonds is 5. The van der Waals surface area contributed by atoms with Gasteiger partial charge in [-0.05, 0) is 44.7 Å². The Balaban J connectivity index is 1.13. The zero-order chi connectivity index (χ0) is 23.7. The Bertz CT molecular complexity index is 1160. The van der Waals surface area contributed by atoms with Crippen LogP contribution in [0, 0.1) is 25.7 Å². The second kappa shape index (κ2) is 9.41. The molecule has 5 rings (SSSR count). The molecule has 1 aromatic heterocycles. The van der Waals surface area contributed by atoms with E-state index in [1.165, 1.54) is 5.56 Å². The van der Waals surface area contributed by atoms with E-state index in [1.54, 1.807) is 4.90 Å². The second-order valence-corrected chi connectivity index (χ2v) is 9.59. The van der Waals surface area contributed by atoms with Crippen LogP contribution in [0.1, 0.15) is 36.3 Å². The minimum absolute atomic E-state index is 0.0258. The molecule has 2 fully saturated rings. The van der Waals surface area contributed by atoms with Crippen molar-refractivity contribution >= 4 is 17.5 Å². The van der Waals surface area contributed by atoms with Crippen LogP contribution in [-0.4, -0.2) is 46.5 Å². The quantitative estimate of drug-likeness (QED) is 0.573. The van der Waals surface area contributed by atoms with Crippen molar-refractivity contribution in [2.24, 2.45) is 11.8 Å². The van der Waals surface area contributed by atoms with Gasteiger partial charge in [-0.25, -0.2) is 0 Å². The molecular weight excluding hydrogens is 428 g/mol. The number of aromatic nitrogens is 2. The van der Waals surface area contributed by atoms with Gasteiger partial charge in [0.25, 0.3) is 0 Å². The number of amides is 2. The van der Waals surface area contributed by atoms with Crippen molar-refractivity contribution in [1.29, 1.82) is 0 Å². The molecule has 0 saturated carbocycles. The Kier molecular flexibility index (Phi) is 6.18. The van der Waals surface area contributed by atoms with Crippen molar-refractivity contribution in [3.05, 3.63) is 65.5 Å². The molecule has 7 heteroatoms. The van der Waals surface area contributed by atoms with E-state index in [1.807, 2.05) is 67.3 Å². The highest BCUT2D eigenvalue weighted by Gasteiger charge is 2.38. The molecule has 2 aliphatic heterocycles. The van der Waals surface area contributed by atoms with E-state index in [4.69, 9.17) is 4.52 Å². The zero-order valence-electron chi connectivity index (χ0n) is 19.7. The lowest BCUT2D eigenvalue weighted by Gasteiger charge is -2.33. The van der Waals surface area contributed by atoms with Crippen LogP contribution in [0.25, 0.3) is 11.4 Å². The van der Waals surface area contributed by atoms with Crippen molar-refractivity contribution in [1.82, 2.24) is 15.0 Å². The zero-order valence-corrected chi connectivity index (χ0v) is 19.7. The third-order valence-corrected chi connectivity index (χ3v) is 6.99. The van der Waals surface area contributed by atoms with E-state index in [0.29, 0.717) is 37.3 Å². The van der Waals surface area contributed by atoms with E-state index in [0.717, 1.165) is 36.1 Å². The molecule has 0 N–H and O–H groups in total.